The maximum Gasteiger partial charge on any atom is 0.267 e. The van der Waals surface area contributed by atoms with Gasteiger partial charge in [0.2, 0.25) is 0 Å². The number of carbonyl (C=O) groups is 1. The highest BCUT2D eigenvalue weighted by Gasteiger charge is 2.30. The summed E-state index contributed by atoms with van der Waals surface area (Å²) in [5, 5.41) is 0.829. The first-order valence-corrected chi connectivity index (χ1v) is 8.46. The van der Waals surface area contributed by atoms with Crippen LogP contribution in [0.25, 0.3) is 0 Å². The van der Waals surface area contributed by atoms with E-state index in [-0.39, 0.29) is 11.9 Å². The molecule has 3 rings (SSSR count). The van der Waals surface area contributed by atoms with E-state index in [1.165, 1.54) is 11.3 Å². The van der Waals surface area contributed by atoms with Crippen molar-refractivity contribution in [2.45, 2.75) is 32.2 Å². The van der Waals surface area contributed by atoms with Crippen LogP contribution in [0.15, 0.2) is 0 Å². The van der Waals surface area contributed by atoms with Gasteiger partial charge in [0, 0.05) is 32.2 Å². The summed E-state index contributed by atoms with van der Waals surface area (Å²) >= 11 is 1.41. The zero-order valence-electron chi connectivity index (χ0n) is 12.4. The van der Waals surface area contributed by atoms with Crippen LogP contribution in [-0.2, 0) is 0 Å². The lowest BCUT2D eigenvalue weighted by molar-refractivity contribution is 0.0792. The van der Waals surface area contributed by atoms with Gasteiger partial charge in [-0.05, 0) is 18.8 Å². The molecule has 4 N–H and O–H groups in total. The van der Waals surface area contributed by atoms with Gasteiger partial charge in [0.15, 0.2) is 5.13 Å². The van der Waals surface area contributed by atoms with Crippen LogP contribution in [0.4, 0.5) is 10.9 Å². The monoisotopic (exact) mass is 309 g/mol. The van der Waals surface area contributed by atoms with Gasteiger partial charge < -0.3 is 21.3 Å². The molecule has 116 valence electrons. The van der Waals surface area contributed by atoms with Gasteiger partial charge in [-0.25, -0.2) is 4.98 Å². The smallest absolute Gasteiger partial charge is 0.267 e. The number of nitrogen functional groups attached to an aromatic ring is 1. The van der Waals surface area contributed by atoms with E-state index in [1.54, 1.807) is 0 Å². The molecule has 2 aliphatic heterocycles. The van der Waals surface area contributed by atoms with Gasteiger partial charge >= 0.3 is 0 Å². The van der Waals surface area contributed by atoms with Crippen molar-refractivity contribution in [3.8, 4) is 0 Å². The Balaban J connectivity index is 1.73. The Labute approximate surface area is 129 Å². The van der Waals surface area contributed by atoms with Crippen molar-refractivity contribution in [2.75, 3.05) is 36.8 Å². The van der Waals surface area contributed by atoms with Gasteiger partial charge in [0.1, 0.15) is 10.7 Å². The zero-order chi connectivity index (χ0) is 15.0. The van der Waals surface area contributed by atoms with E-state index in [1.807, 2.05) is 4.90 Å². The quantitative estimate of drug-likeness (QED) is 0.874. The first kappa shape index (κ1) is 14.6. The van der Waals surface area contributed by atoms with Crippen LogP contribution in [0.3, 0.4) is 0 Å². The molecule has 0 radical (unpaired) electrons. The van der Waals surface area contributed by atoms with Crippen LogP contribution < -0.4 is 16.4 Å². The number of rotatable bonds is 3. The van der Waals surface area contributed by atoms with Crippen LogP contribution in [0.1, 0.15) is 35.9 Å². The lowest BCUT2D eigenvalue weighted by Crippen LogP contribution is -2.28. The van der Waals surface area contributed by atoms with E-state index < -0.39 is 0 Å². The largest absolute Gasteiger partial charge is 0.382 e. The van der Waals surface area contributed by atoms with Gasteiger partial charge in [0.05, 0.1) is 0 Å². The molecule has 7 heteroatoms. The summed E-state index contributed by atoms with van der Waals surface area (Å²) in [4.78, 5) is 21.6. The second-order valence-electron chi connectivity index (χ2n) is 6.02. The molecule has 1 aromatic heterocycles. The lowest BCUT2D eigenvalue weighted by Gasteiger charge is -2.15. The number of anilines is 2. The Morgan fingerprint density at radius 3 is 2.81 bits per heavy atom. The lowest BCUT2D eigenvalue weighted by atomic mass is 10.1. The second-order valence-corrected chi connectivity index (χ2v) is 7.00. The number of likely N-dealkylation sites (tertiary alicyclic amines) is 1. The number of aromatic nitrogens is 1. The number of nitrogens with two attached hydrogens (primary N) is 2. The maximum atomic E-state index is 12.6. The first-order valence-electron chi connectivity index (χ1n) is 7.64. The minimum Gasteiger partial charge on any atom is -0.382 e. The average molecular weight is 309 g/mol. The molecule has 0 saturated carbocycles. The van der Waals surface area contributed by atoms with Crippen molar-refractivity contribution in [3.05, 3.63) is 4.88 Å². The molecule has 1 aromatic rings. The van der Waals surface area contributed by atoms with Crippen LogP contribution >= 0.6 is 11.3 Å². The van der Waals surface area contributed by atoms with Gasteiger partial charge in [-0.15, -0.1) is 0 Å². The topological polar surface area (TPSA) is 88.5 Å². The molecule has 2 atom stereocenters. The Hall–Kier alpha value is -1.34. The molecule has 1 amide bonds. The van der Waals surface area contributed by atoms with Crippen molar-refractivity contribution in [1.82, 2.24) is 9.88 Å². The fraction of sp³-hybridized carbons (Fsp3) is 0.714. The predicted molar refractivity (Wildman–Crippen MR) is 85.6 cm³/mol. The fourth-order valence-electron chi connectivity index (χ4n) is 3.06. The SMILES string of the molecule is CCC1CCN(C(=O)c2sc(N3CCC(N)C3)nc2N)C1. The van der Waals surface area contributed by atoms with E-state index in [9.17, 15) is 4.79 Å². The molecule has 3 heterocycles. The summed E-state index contributed by atoms with van der Waals surface area (Å²) < 4.78 is 0. The minimum absolute atomic E-state index is 0.0377. The predicted octanol–water partition coefficient (Wildman–Crippen LogP) is 1.13. The summed E-state index contributed by atoms with van der Waals surface area (Å²) in [5.74, 6) is 1.02. The van der Waals surface area contributed by atoms with E-state index in [2.05, 4.69) is 16.8 Å². The molecule has 0 aromatic carbocycles. The van der Waals surface area contributed by atoms with Crippen molar-refractivity contribution < 1.29 is 4.79 Å². The molecule has 0 aliphatic carbocycles. The molecular formula is C14H23N5OS. The van der Waals surface area contributed by atoms with Gasteiger partial charge in [-0.1, -0.05) is 24.7 Å². The number of hydrogen-bond acceptors (Lipinski definition) is 6. The van der Waals surface area contributed by atoms with Gasteiger partial charge in [0.25, 0.3) is 5.91 Å². The summed E-state index contributed by atoms with van der Waals surface area (Å²) in [6.07, 6.45) is 3.18. The maximum absolute atomic E-state index is 12.6. The molecule has 0 bridgehead atoms. The zero-order valence-corrected chi connectivity index (χ0v) is 13.2. The molecule has 0 spiro atoms. The number of hydrogen-bond donors (Lipinski definition) is 2. The number of amides is 1. The van der Waals surface area contributed by atoms with Crippen molar-refractivity contribution >= 4 is 28.2 Å². The van der Waals surface area contributed by atoms with E-state index in [4.69, 9.17) is 11.5 Å². The highest BCUT2D eigenvalue weighted by molar-refractivity contribution is 7.18. The van der Waals surface area contributed by atoms with E-state index in [0.717, 1.165) is 50.6 Å². The third kappa shape index (κ3) is 2.85. The Morgan fingerprint density at radius 1 is 1.38 bits per heavy atom. The summed E-state index contributed by atoms with van der Waals surface area (Å²) in [7, 11) is 0. The molecule has 2 saturated heterocycles. The first-order chi connectivity index (χ1) is 10.1. The summed E-state index contributed by atoms with van der Waals surface area (Å²) in [6.45, 7) is 5.54. The second kappa shape index (κ2) is 5.81. The van der Waals surface area contributed by atoms with Crippen molar-refractivity contribution in [2.24, 2.45) is 11.7 Å². The summed E-state index contributed by atoms with van der Waals surface area (Å²) in [6, 6.07) is 0.193. The molecule has 2 unspecified atom stereocenters. The summed E-state index contributed by atoms with van der Waals surface area (Å²) in [5.41, 5.74) is 11.9. The Bertz CT molecular complexity index is 531. The van der Waals surface area contributed by atoms with Crippen LogP contribution in [0.5, 0.6) is 0 Å². The van der Waals surface area contributed by atoms with Gasteiger partial charge in [-0.3, -0.25) is 4.79 Å². The number of carbonyl (C=O) groups excluding carboxylic acids is 1. The van der Waals surface area contributed by atoms with E-state index >= 15 is 0 Å². The molecular weight excluding hydrogens is 286 g/mol. The number of nitrogens with zero attached hydrogens (tertiary/aromatic N) is 3. The minimum atomic E-state index is 0.0377. The number of thiazole rings is 1. The third-order valence-corrected chi connectivity index (χ3v) is 5.60. The Morgan fingerprint density at radius 2 is 2.19 bits per heavy atom. The highest BCUT2D eigenvalue weighted by Crippen LogP contribution is 2.32. The average Bonchev–Trinajstić information content (AvgIpc) is 3.17. The van der Waals surface area contributed by atoms with Crippen molar-refractivity contribution in [1.29, 1.82) is 0 Å². The standard InChI is InChI=1S/C14H23N5OS/c1-2-9-3-5-18(7-9)13(20)11-12(16)17-14(21-11)19-6-4-10(15)8-19/h9-10H,2-8,15-16H2,1H3. The van der Waals surface area contributed by atoms with Crippen LogP contribution in [0.2, 0.25) is 0 Å². The molecule has 6 nitrogen and oxygen atoms in total. The Kier molecular flexibility index (Phi) is 4.03. The molecule has 2 aliphatic rings. The normalized spacial score (nSPS) is 25.8. The van der Waals surface area contributed by atoms with Crippen LogP contribution in [-0.4, -0.2) is 48.0 Å². The van der Waals surface area contributed by atoms with E-state index in [0.29, 0.717) is 16.6 Å². The van der Waals surface area contributed by atoms with Crippen LogP contribution in [0, 0.1) is 5.92 Å². The molecule has 2 fully saturated rings. The fourth-order valence-corrected chi connectivity index (χ4v) is 4.05. The third-order valence-electron chi connectivity index (χ3n) is 4.48. The van der Waals surface area contributed by atoms with Crippen molar-refractivity contribution in [3.63, 3.8) is 0 Å². The molecule has 21 heavy (non-hydrogen) atoms. The highest BCUT2D eigenvalue weighted by atomic mass is 32.1. The van der Waals surface area contributed by atoms with Gasteiger partial charge in [-0.2, -0.15) is 0 Å².